The van der Waals surface area contributed by atoms with E-state index in [0.717, 1.165) is 4.31 Å². The number of nitrogens with zero attached hydrogens (tertiary/aromatic N) is 1. The van der Waals surface area contributed by atoms with Crippen molar-refractivity contribution in [3.05, 3.63) is 0 Å². The van der Waals surface area contributed by atoms with E-state index in [0.29, 0.717) is 0 Å². The Hall–Kier alpha value is -0.690. The third-order valence-corrected chi connectivity index (χ3v) is 3.83. The smallest absolute Gasteiger partial charge is 0.318 e. The number of hydrogen-bond donors (Lipinski definition) is 1. The van der Waals surface area contributed by atoms with Crippen LogP contribution in [0.15, 0.2) is 0 Å². The van der Waals surface area contributed by atoms with Crippen LogP contribution in [0.5, 0.6) is 0 Å². The molecule has 7 heteroatoms. The fraction of sp³-hybridized carbons (Fsp3) is 0.875. The number of alkyl halides is 1. The van der Waals surface area contributed by atoms with E-state index in [1.54, 1.807) is 13.8 Å². The molecule has 0 radical (unpaired) electrons. The number of aliphatic carboxylic acids is 1. The van der Waals surface area contributed by atoms with Gasteiger partial charge in [-0.05, 0) is 20.3 Å². The van der Waals surface area contributed by atoms with Crippen molar-refractivity contribution in [2.45, 2.75) is 26.3 Å². The van der Waals surface area contributed by atoms with Crippen molar-refractivity contribution < 1.29 is 22.7 Å². The first-order chi connectivity index (χ1) is 6.81. The maximum Gasteiger partial charge on any atom is 0.318 e. The van der Waals surface area contributed by atoms with Crippen molar-refractivity contribution in [3.8, 4) is 0 Å². The molecule has 0 unspecified atom stereocenters. The fourth-order valence-electron chi connectivity index (χ4n) is 1.09. The predicted octanol–water partition coefficient (Wildman–Crippen LogP) is 0.471. The highest BCUT2D eigenvalue weighted by Gasteiger charge is 2.26. The van der Waals surface area contributed by atoms with Crippen LogP contribution in [0.3, 0.4) is 0 Å². The van der Waals surface area contributed by atoms with Gasteiger partial charge in [0, 0.05) is 6.04 Å². The van der Waals surface area contributed by atoms with Crippen LogP contribution in [0.25, 0.3) is 0 Å². The van der Waals surface area contributed by atoms with E-state index in [2.05, 4.69) is 0 Å². The van der Waals surface area contributed by atoms with Crippen LogP contribution < -0.4 is 0 Å². The third-order valence-electron chi connectivity index (χ3n) is 1.76. The van der Waals surface area contributed by atoms with Crippen LogP contribution in [-0.2, 0) is 14.8 Å². The molecule has 5 nitrogen and oxygen atoms in total. The molecule has 90 valence electrons. The van der Waals surface area contributed by atoms with Crippen LogP contribution >= 0.6 is 0 Å². The molecule has 0 aromatic rings. The quantitative estimate of drug-likeness (QED) is 0.703. The zero-order chi connectivity index (χ0) is 12.1. The van der Waals surface area contributed by atoms with Gasteiger partial charge in [0.2, 0.25) is 10.0 Å². The average molecular weight is 241 g/mol. The second-order valence-electron chi connectivity index (χ2n) is 3.39. The molecule has 0 aromatic carbocycles. The molecule has 0 aliphatic heterocycles. The number of sulfonamides is 1. The van der Waals surface area contributed by atoms with Gasteiger partial charge in [-0.25, -0.2) is 8.42 Å². The highest BCUT2D eigenvalue weighted by molar-refractivity contribution is 7.89. The molecule has 0 spiro atoms. The van der Waals surface area contributed by atoms with Crippen LogP contribution in [0.4, 0.5) is 4.39 Å². The van der Waals surface area contributed by atoms with E-state index < -0.39 is 35.3 Å². The zero-order valence-corrected chi connectivity index (χ0v) is 9.63. The van der Waals surface area contributed by atoms with E-state index in [1.807, 2.05) is 0 Å². The number of carboxylic acids is 1. The first-order valence-electron chi connectivity index (χ1n) is 4.58. The molecular formula is C8H16FNO4S. The fourth-order valence-corrected chi connectivity index (χ4v) is 2.75. The summed E-state index contributed by atoms with van der Waals surface area (Å²) in [5, 5.41) is 8.54. The van der Waals surface area contributed by atoms with E-state index in [1.165, 1.54) is 0 Å². The Morgan fingerprint density at radius 3 is 2.33 bits per heavy atom. The summed E-state index contributed by atoms with van der Waals surface area (Å²) in [6.45, 7) is 1.86. The molecule has 0 atom stereocenters. The first-order valence-corrected chi connectivity index (χ1v) is 6.19. The van der Waals surface area contributed by atoms with Gasteiger partial charge in [-0.3, -0.25) is 9.18 Å². The van der Waals surface area contributed by atoms with Crippen molar-refractivity contribution in [1.82, 2.24) is 4.31 Å². The largest absolute Gasteiger partial charge is 0.480 e. The number of rotatable bonds is 7. The maximum absolute atomic E-state index is 11.9. The number of carbonyl (C=O) groups is 1. The molecule has 0 saturated heterocycles. The summed E-state index contributed by atoms with van der Waals surface area (Å²) < 4.78 is 35.8. The van der Waals surface area contributed by atoms with Gasteiger partial charge in [-0.15, -0.1) is 0 Å². The molecule has 0 amide bonds. The molecular weight excluding hydrogens is 225 g/mol. The molecule has 15 heavy (non-hydrogen) atoms. The maximum atomic E-state index is 11.9. The van der Waals surface area contributed by atoms with Crippen LogP contribution in [-0.4, -0.2) is 48.8 Å². The molecule has 0 bridgehead atoms. The number of hydrogen-bond acceptors (Lipinski definition) is 3. The molecule has 0 aliphatic carbocycles. The van der Waals surface area contributed by atoms with Crippen molar-refractivity contribution in [1.29, 1.82) is 0 Å². The summed E-state index contributed by atoms with van der Waals surface area (Å²) in [5.41, 5.74) is 0. The van der Waals surface area contributed by atoms with Gasteiger partial charge in [-0.2, -0.15) is 4.31 Å². The van der Waals surface area contributed by atoms with E-state index in [9.17, 15) is 17.6 Å². The van der Waals surface area contributed by atoms with Crippen molar-refractivity contribution in [2.75, 3.05) is 19.0 Å². The molecule has 0 saturated carbocycles. The lowest BCUT2D eigenvalue weighted by Crippen LogP contribution is -2.41. The molecule has 0 aromatic heterocycles. The van der Waals surface area contributed by atoms with Crippen LogP contribution in [0.1, 0.15) is 20.3 Å². The summed E-state index contributed by atoms with van der Waals surface area (Å²) in [6.07, 6.45) is -0.106. The second-order valence-corrected chi connectivity index (χ2v) is 5.43. The summed E-state index contributed by atoms with van der Waals surface area (Å²) in [5.74, 6) is -1.57. The molecule has 0 fully saturated rings. The second kappa shape index (κ2) is 6.02. The lowest BCUT2D eigenvalue weighted by atomic mass is 10.4. The first kappa shape index (κ1) is 14.3. The average Bonchev–Trinajstić information content (AvgIpc) is 2.10. The van der Waals surface area contributed by atoms with E-state index in [-0.39, 0.29) is 12.2 Å². The standard InChI is InChI=1S/C8H16FNO4S/c1-7(2)10(6-8(11)12)15(13,14)5-3-4-9/h7H,3-6H2,1-2H3,(H,11,12). The minimum atomic E-state index is -3.67. The Kier molecular flexibility index (Phi) is 5.74. The third kappa shape index (κ3) is 5.08. The minimum Gasteiger partial charge on any atom is -0.480 e. The van der Waals surface area contributed by atoms with Crippen molar-refractivity contribution in [2.24, 2.45) is 0 Å². The molecule has 0 aliphatic rings. The van der Waals surface area contributed by atoms with Crippen molar-refractivity contribution >= 4 is 16.0 Å². The van der Waals surface area contributed by atoms with Crippen LogP contribution in [0, 0.1) is 0 Å². The highest BCUT2D eigenvalue weighted by atomic mass is 32.2. The predicted molar refractivity (Wildman–Crippen MR) is 53.9 cm³/mol. The lowest BCUT2D eigenvalue weighted by Gasteiger charge is -2.23. The van der Waals surface area contributed by atoms with E-state index in [4.69, 9.17) is 5.11 Å². The Balaban J connectivity index is 4.67. The highest BCUT2D eigenvalue weighted by Crippen LogP contribution is 2.08. The van der Waals surface area contributed by atoms with Crippen LogP contribution in [0.2, 0.25) is 0 Å². The molecule has 0 heterocycles. The van der Waals surface area contributed by atoms with Gasteiger partial charge >= 0.3 is 5.97 Å². The van der Waals surface area contributed by atoms with Crippen molar-refractivity contribution in [3.63, 3.8) is 0 Å². The zero-order valence-electron chi connectivity index (χ0n) is 8.81. The van der Waals surface area contributed by atoms with Gasteiger partial charge in [-0.1, -0.05) is 0 Å². The minimum absolute atomic E-state index is 0.106. The van der Waals surface area contributed by atoms with Gasteiger partial charge in [0.1, 0.15) is 6.54 Å². The van der Waals surface area contributed by atoms with Gasteiger partial charge in [0.05, 0.1) is 12.4 Å². The molecule has 1 N–H and O–H groups in total. The monoisotopic (exact) mass is 241 g/mol. The SMILES string of the molecule is CC(C)N(CC(=O)O)S(=O)(=O)CCCF. The molecule has 0 rings (SSSR count). The Morgan fingerprint density at radius 2 is 2.00 bits per heavy atom. The Morgan fingerprint density at radius 1 is 1.47 bits per heavy atom. The Bertz CT molecular complexity index is 302. The Labute approximate surface area is 88.9 Å². The summed E-state index contributed by atoms with van der Waals surface area (Å²) >= 11 is 0. The number of carboxylic acid groups (broad SMARTS) is 1. The van der Waals surface area contributed by atoms with Gasteiger partial charge < -0.3 is 5.11 Å². The normalized spacial score (nSPS) is 12.3. The number of halogens is 1. The lowest BCUT2D eigenvalue weighted by molar-refractivity contribution is -0.137. The van der Waals surface area contributed by atoms with Gasteiger partial charge in [0.15, 0.2) is 0 Å². The summed E-state index contributed by atoms with van der Waals surface area (Å²) in [4.78, 5) is 10.5. The van der Waals surface area contributed by atoms with Gasteiger partial charge in [0.25, 0.3) is 0 Å². The van der Waals surface area contributed by atoms with E-state index >= 15 is 0 Å². The summed E-state index contributed by atoms with van der Waals surface area (Å²) in [7, 11) is -3.67. The summed E-state index contributed by atoms with van der Waals surface area (Å²) in [6, 6.07) is -0.439. The topological polar surface area (TPSA) is 74.7 Å².